The summed E-state index contributed by atoms with van der Waals surface area (Å²) in [6.07, 6.45) is 6.03. The number of likely N-dealkylation sites (tertiary alicyclic amines) is 1. The molecule has 1 heterocycles. The maximum atomic E-state index is 11.8. The Balaban J connectivity index is 2.37. The topological polar surface area (TPSA) is 20.3 Å². The first kappa shape index (κ1) is 14.0. The summed E-state index contributed by atoms with van der Waals surface area (Å²) in [5, 5.41) is 0. The van der Waals surface area contributed by atoms with E-state index in [4.69, 9.17) is 0 Å². The van der Waals surface area contributed by atoms with E-state index in [1.54, 1.807) is 0 Å². The zero-order chi connectivity index (χ0) is 12.2. The van der Waals surface area contributed by atoms with Crippen LogP contribution in [0.4, 0.5) is 0 Å². The number of hydrogen-bond donors (Lipinski definition) is 0. The minimum Gasteiger partial charge on any atom is -0.341 e. The highest BCUT2D eigenvalue weighted by Crippen LogP contribution is 2.28. The number of hydrogen-bond acceptors (Lipinski definition) is 1. The van der Waals surface area contributed by atoms with E-state index in [0.29, 0.717) is 0 Å². The van der Waals surface area contributed by atoms with Gasteiger partial charge in [0.2, 0.25) is 5.91 Å². The fourth-order valence-corrected chi connectivity index (χ4v) is 2.80. The van der Waals surface area contributed by atoms with Crippen LogP contribution < -0.4 is 0 Å². The van der Waals surface area contributed by atoms with Crippen molar-refractivity contribution in [2.75, 3.05) is 13.1 Å². The second kappa shape index (κ2) is 6.04. The zero-order valence-corrected chi connectivity index (χ0v) is 12.3. The molecule has 1 unspecified atom stereocenters. The highest BCUT2D eigenvalue weighted by molar-refractivity contribution is 9.10. The first-order chi connectivity index (χ1) is 7.46. The van der Waals surface area contributed by atoms with Gasteiger partial charge >= 0.3 is 0 Å². The van der Waals surface area contributed by atoms with E-state index in [0.717, 1.165) is 19.5 Å². The van der Waals surface area contributed by atoms with Gasteiger partial charge in [-0.3, -0.25) is 4.79 Å². The van der Waals surface area contributed by atoms with Crippen LogP contribution in [0.5, 0.6) is 0 Å². The van der Waals surface area contributed by atoms with Crippen LogP contribution in [-0.2, 0) is 4.79 Å². The molecule has 1 saturated heterocycles. The molecular formula is C13H24BrNO. The van der Waals surface area contributed by atoms with E-state index in [-0.39, 0.29) is 16.1 Å². The number of halogens is 1. The van der Waals surface area contributed by atoms with Crippen molar-refractivity contribution in [2.24, 2.45) is 5.41 Å². The summed E-state index contributed by atoms with van der Waals surface area (Å²) in [4.78, 5) is 13.9. The van der Waals surface area contributed by atoms with Gasteiger partial charge in [0, 0.05) is 13.1 Å². The highest BCUT2D eigenvalue weighted by atomic mass is 79.9. The van der Waals surface area contributed by atoms with Crippen molar-refractivity contribution in [3.8, 4) is 0 Å². The lowest BCUT2D eigenvalue weighted by atomic mass is 9.86. The lowest BCUT2D eigenvalue weighted by molar-refractivity contribution is -0.128. The molecule has 0 aromatic carbocycles. The Labute approximate surface area is 108 Å². The molecule has 0 aromatic heterocycles. The summed E-state index contributed by atoms with van der Waals surface area (Å²) in [7, 11) is 0. The summed E-state index contributed by atoms with van der Waals surface area (Å²) in [6.45, 7) is 8.62. The maximum absolute atomic E-state index is 11.8. The molecule has 3 heteroatoms. The van der Waals surface area contributed by atoms with Crippen LogP contribution in [0, 0.1) is 5.41 Å². The van der Waals surface area contributed by atoms with Gasteiger partial charge in [0.25, 0.3) is 0 Å². The second-order valence-electron chi connectivity index (χ2n) is 5.64. The minimum absolute atomic E-state index is 0.0685. The Bertz CT molecular complexity index is 240. The molecule has 0 aromatic rings. The Morgan fingerprint density at radius 2 is 2.12 bits per heavy atom. The molecule has 0 spiro atoms. The van der Waals surface area contributed by atoms with Crippen molar-refractivity contribution in [2.45, 2.75) is 57.7 Å². The first-order valence-electron chi connectivity index (χ1n) is 6.39. The Kier molecular flexibility index (Phi) is 5.29. The molecule has 0 saturated carbocycles. The van der Waals surface area contributed by atoms with Crippen LogP contribution in [0.25, 0.3) is 0 Å². The van der Waals surface area contributed by atoms with Gasteiger partial charge in [0.05, 0.1) is 4.83 Å². The van der Waals surface area contributed by atoms with Gasteiger partial charge < -0.3 is 4.90 Å². The lowest BCUT2D eigenvalue weighted by Gasteiger charge is -2.30. The molecule has 0 radical (unpaired) electrons. The third-order valence-corrected chi connectivity index (χ3v) is 4.16. The van der Waals surface area contributed by atoms with Gasteiger partial charge in [-0.15, -0.1) is 0 Å². The smallest absolute Gasteiger partial charge is 0.236 e. The van der Waals surface area contributed by atoms with Crippen molar-refractivity contribution >= 4 is 21.8 Å². The normalized spacial score (nSPS) is 21.9. The SMILES string of the molecule is CCCCCC(C)(C)CN1CCC(Br)C1=O. The summed E-state index contributed by atoms with van der Waals surface area (Å²) in [5.41, 5.74) is 0.266. The molecular weight excluding hydrogens is 266 g/mol. The zero-order valence-electron chi connectivity index (χ0n) is 10.8. The quantitative estimate of drug-likeness (QED) is 0.541. The molecule has 1 aliphatic rings. The van der Waals surface area contributed by atoms with Crippen LogP contribution in [0.15, 0.2) is 0 Å². The third kappa shape index (κ3) is 4.08. The van der Waals surface area contributed by atoms with Crippen molar-refractivity contribution in [1.82, 2.24) is 4.90 Å². The van der Waals surface area contributed by atoms with Crippen LogP contribution in [0.3, 0.4) is 0 Å². The fraction of sp³-hybridized carbons (Fsp3) is 0.923. The molecule has 94 valence electrons. The maximum Gasteiger partial charge on any atom is 0.236 e. The molecule has 2 nitrogen and oxygen atoms in total. The lowest BCUT2D eigenvalue weighted by Crippen LogP contribution is -2.36. The third-order valence-electron chi connectivity index (χ3n) is 3.31. The second-order valence-corrected chi connectivity index (χ2v) is 6.74. The van der Waals surface area contributed by atoms with Crippen LogP contribution in [0.1, 0.15) is 52.9 Å². The number of unbranched alkanes of at least 4 members (excludes halogenated alkanes) is 2. The molecule has 1 fully saturated rings. The van der Waals surface area contributed by atoms with E-state index in [2.05, 4.69) is 36.7 Å². The monoisotopic (exact) mass is 289 g/mol. The van der Waals surface area contributed by atoms with E-state index < -0.39 is 0 Å². The van der Waals surface area contributed by atoms with Gasteiger partial charge in [-0.05, 0) is 18.3 Å². The molecule has 0 N–H and O–H groups in total. The van der Waals surface area contributed by atoms with Crippen LogP contribution in [0.2, 0.25) is 0 Å². The summed E-state index contributed by atoms with van der Waals surface area (Å²) in [6, 6.07) is 0. The fourth-order valence-electron chi connectivity index (χ4n) is 2.31. The summed E-state index contributed by atoms with van der Waals surface area (Å²) in [5.74, 6) is 0.281. The molecule has 1 rings (SSSR count). The number of alkyl halides is 1. The molecule has 1 aliphatic heterocycles. The molecule has 0 aliphatic carbocycles. The number of carbonyl (C=O) groups excluding carboxylic acids is 1. The van der Waals surface area contributed by atoms with E-state index in [1.165, 1.54) is 25.7 Å². The Hall–Kier alpha value is -0.0500. The molecule has 16 heavy (non-hydrogen) atoms. The first-order valence-corrected chi connectivity index (χ1v) is 7.31. The number of carbonyl (C=O) groups is 1. The van der Waals surface area contributed by atoms with E-state index >= 15 is 0 Å². The average Bonchev–Trinajstić information content (AvgIpc) is 2.49. The van der Waals surface area contributed by atoms with Gasteiger partial charge in [-0.2, -0.15) is 0 Å². The summed E-state index contributed by atoms with van der Waals surface area (Å²) >= 11 is 3.42. The van der Waals surface area contributed by atoms with Crippen LogP contribution in [-0.4, -0.2) is 28.7 Å². The predicted molar refractivity (Wildman–Crippen MR) is 71.8 cm³/mol. The van der Waals surface area contributed by atoms with E-state index in [1.807, 2.05) is 4.90 Å². The Morgan fingerprint density at radius 3 is 2.62 bits per heavy atom. The predicted octanol–water partition coefficient (Wildman–Crippen LogP) is 3.59. The largest absolute Gasteiger partial charge is 0.341 e. The highest BCUT2D eigenvalue weighted by Gasteiger charge is 2.32. The van der Waals surface area contributed by atoms with Gasteiger partial charge in [0.1, 0.15) is 0 Å². The molecule has 0 bridgehead atoms. The van der Waals surface area contributed by atoms with Crippen molar-refractivity contribution < 1.29 is 4.79 Å². The number of rotatable bonds is 6. The van der Waals surface area contributed by atoms with E-state index in [9.17, 15) is 4.79 Å². The summed E-state index contributed by atoms with van der Waals surface area (Å²) < 4.78 is 0. The van der Waals surface area contributed by atoms with Gasteiger partial charge in [0.15, 0.2) is 0 Å². The van der Waals surface area contributed by atoms with Crippen LogP contribution >= 0.6 is 15.9 Å². The van der Waals surface area contributed by atoms with Crippen molar-refractivity contribution in [3.63, 3.8) is 0 Å². The standard InChI is InChI=1S/C13H24BrNO/c1-4-5-6-8-13(2,3)10-15-9-7-11(14)12(15)16/h11H,4-10H2,1-3H3. The molecule has 1 amide bonds. The Morgan fingerprint density at radius 1 is 1.44 bits per heavy atom. The minimum atomic E-state index is 0.0685. The van der Waals surface area contributed by atoms with Gasteiger partial charge in [-0.1, -0.05) is 56.0 Å². The molecule has 1 atom stereocenters. The van der Waals surface area contributed by atoms with Gasteiger partial charge in [-0.25, -0.2) is 0 Å². The van der Waals surface area contributed by atoms with Crippen molar-refractivity contribution in [3.05, 3.63) is 0 Å². The number of amides is 1. The average molecular weight is 290 g/mol. The number of nitrogens with zero attached hydrogens (tertiary/aromatic N) is 1. The van der Waals surface area contributed by atoms with Crippen molar-refractivity contribution in [1.29, 1.82) is 0 Å².